The fraction of sp³-hybridized carbons (Fsp3) is 0.125. The molecular formula is C16H14N4. The topological polar surface area (TPSA) is 67.6 Å². The van der Waals surface area contributed by atoms with Crippen molar-refractivity contribution in [2.24, 2.45) is 5.73 Å². The van der Waals surface area contributed by atoms with Gasteiger partial charge in [0.2, 0.25) is 0 Å². The third kappa shape index (κ3) is 2.04. The van der Waals surface area contributed by atoms with Gasteiger partial charge in [0, 0.05) is 0 Å². The van der Waals surface area contributed by atoms with Gasteiger partial charge < -0.3 is 10.3 Å². The molecule has 1 heterocycles. The van der Waals surface area contributed by atoms with E-state index in [1.165, 1.54) is 0 Å². The number of aromatic nitrogens is 2. The van der Waals surface area contributed by atoms with E-state index in [0.29, 0.717) is 6.54 Å². The second kappa shape index (κ2) is 4.80. The van der Waals surface area contributed by atoms with Crippen LogP contribution in [0.5, 0.6) is 0 Å². The minimum Gasteiger partial charge on any atom is -0.327 e. The zero-order valence-corrected chi connectivity index (χ0v) is 10.9. The Kier molecular flexibility index (Phi) is 2.97. The molecular weight excluding hydrogens is 248 g/mol. The van der Waals surface area contributed by atoms with Crippen molar-refractivity contribution in [3.63, 3.8) is 0 Å². The summed E-state index contributed by atoms with van der Waals surface area (Å²) in [5, 5.41) is 9.50. The van der Waals surface area contributed by atoms with Crippen molar-refractivity contribution in [1.29, 1.82) is 5.26 Å². The summed E-state index contributed by atoms with van der Waals surface area (Å²) < 4.78 is 1.92. The van der Waals surface area contributed by atoms with Gasteiger partial charge in [-0.15, -0.1) is 0 Å². The van der Waals surface area contributed by atoms with Crippen LogP contribution in [0.2, 0.25) is 0 Å². The van der Waals surface area contributed by atoms with Gasteiger partial charge in [-0.05, 0) is 17.7 Å². The lowest BCUT2D eigenvalue weighted by atomic mass is 9.92. The van der Waals surface area contributed by atoms with Crippen molar-refractivity contribution >= 4 is 11.0 Å². The van der Waals surface area contributed by atoms with E-state index < -0.39 is 5.54 Å². The van der Waals surface area contributed by atoms with Crippen molar-refractivity contribution in [3.05, 3.63) is 66.5 Å². The molecule has 0 aliphatic rings. The molecule has 20 heavy (non-hydrogen) atoms. The van der Waals surface area contributed by atoms with E-state index in [-0.39, 0.29) is 0 Å². The van der Waals surface area contributed by atoms with Crippen LogP contribution < -0.4 is 5.73 Å². The lowest BCUT2D eigenvalue weighted by Crippen LogP contribution is -2.39. The number of para-hydroxylation sites is 2. The van der Waals surface area contributed by atoms with Gasteiger partial charge in [-0.25, -0.2) is 4.98 Å². The summed E-state index contributed by atoms with van der Waals surface area (Å²) in [6.07, 6.45) is 1.73. The summed E-state index contributed by atoms with van der Waals surface area (Å²) in [7, 11) is 0. The molecule has 0 bridgehead atoms. The standard InChI is InChI=1S/C16H14N4/c17-10-16(18,13-6-2-1-3-7-13)11-20-12-19-14-8-4-5-9-15(14)20/h1-9,12H,11,18H2. The van der Waals surface area contributed by atoms with Crippen LogP contribution in [-0.2, 0) is 12.1 Å². The lowest BCUT2D eigenvalue weighted by molar-refractivity contribution is 0.481. The first-order chi connectivity index (χ1) is 9.73. The molecule has 0 saturated heterocycles. The van der Waals surface area contributed by atoms with Gasteiger partial charge in [0.1, 0.15) is 5.54 Å². The minimum absolute atomic E-state index is 0.369. The Morgan fingerprint density at radius 2 is 1.80 bits per heavy atom. The van der Waals surface area contributed by atoms with Crippen LogP contribution in [0, 0.1) is 11.3 Å². The molecule has 3 rings (SSSR count). The summed E-state index contributed by atoms with van der Waals surface area (Å²) in [6, 6.07) is 19.5. The van der Waals surface area contributed by atoms with E-state index in [1.807, 2.05) is 59.2 Å². The highest BCUT2D eigenvalue weighted by molar-refractivity contribution is 5.75. The average Bonchev–Trinajstić information content (AvgIpc) is 2.91. The summed E-state index contributed by atoms with van der Waals surface area (Å²) in [6.45, 7) is 0.369. The van der Waals surface area contributed by atoms with Crippen LogP contribution in [0.4, 0.5) is 0 Å². The van der Waals surface area contributed by atoms with E-state index in [2.05, 4.69) is 11.1 Å². The molecule has 0 fully saturated rings. The predicted octanol–water partition coefficient (Wildman–Crippen LogP) is 2.41. The summed E-state index contributed by atoms with van der Waals surface area (Å²) >= 11 is 0. The first-order valence-corrected chi connectivity index (χ1v) is 6.38. The normalized spacial score (nSPS) is 13.8. The predicted molar refractivity (Wildman–Crippen MR) is 77.7 cm³/mol. The molecule has 0 aliphatic carbocycles. The Morgan fingerprint density at radius 1 is 1.10 bits per heavy atom. The zero-order chi connectivity index (χ0) is 14.0. The molecule has 3 aromatic rings. The highest BCUT2D eigenvalue weighted by Crippen LogP contribution is 2.22. The minimum atomic E-state index is -1.06. The zero-order valence-electron chi connectivity index (χ0n) is 10.9. The SMILES string of the molecule is N#CC(N)(Cn1cnc2ccccc21)c1ccccc1. The molecule has 2 aromatic carbocycles. The van der Waals surface area contributed by atoms with E-state index in [9.17, 15) is 5.26 Å². The Hall–Kier alpha value is -2.64. The van der Waals surface area contributed by atoms with E-state index in [4.69, 9.17) is 5.73 Å². The molecule has 1 aromatic heterocycles. The summed E-state index contributed by atoms with van der Waals surface area (Å²) in [5.74, 6) is 0. The third-order valence-corrected chi connectivity index (χ3v) is 3.44. The van der Waals surface area contributed by atoms with Crippen LogP contribution in [0.1, 0.15) is 5.56 Å². The Bertz CT molecular complexity index is 770. The highest BCUT2D eigenvalue weighted by atomic mass is 15.1. The number of benzene rings is 2. The number of nitrogens with two attached hydrogens (primary N) is 1. The first kappa shape index (κ1) is 12.4. The number of hydrogen-bond donors (Lipinski definition) is 1. The molecule has 4 nitrogen and oxygen atoms in total. The van der Waals surface area contributed by atoms with Crippen LogP contribution in [0.3, 0.4) is 0 Å². The number of hydrogen-bond acceptors (Lipinski definition) is 3. The molecule has 0 radical (unpaired) electrons. The average molecular weight is 262 g/mol. The maximum absolute atomic E-state index is 9.50. The molecule has 2 N–H and O–H groups in total. The van der Waals surface area contributed by atoms with Crippen LogP contribution in [-0.4, -0.2) is 9.55 Å². The first-order valence-electron chi connectivity index (χ1n) is 6.38. The van der Waals surface area contributed by atoms with E-state index >= 15 is 0 Å². The molecule has 4 heteroatoms. The summed E-state index contributed by atoms with van der Waals surface area (Å²) in [4.78, 5) is 4.33. The maximum atomic E-state index is 9.50. The van der Waals surface area contributed by atoms with Gasteiger partial charge in [-0.1, -0.05) is 42.5 Å². The van der Waals surface area contributed by atoms with Gasteiger partial charge in [-0.3, -0.25) is 0 Å². The fourth-order valence-electron chi connectivity index (χ4n) is 2.33. The molecule has 0 saturated carbocycles. The van der Waals surface area contributed by atoms with Gasteiger partial charge in [0.25, 0.3) is 0 Å². The van der Waals surface area contributed by atoms with Crippen molar-refractivity contribution in [3.8, 4) is 6.07 Å². The second-order valence-electron chi connectivity index (χ2n) is 4.81. The second-order valence-corrected chi connectivity index (χ2v) is 4.81. The Morgan fingerprint density at radius 3 is 2.55 bits per heavy atom. The maximum Gasteiger partial charge on any atom is 0.147 e. The lowest BCUT2D eigenvalue weighted by Gasteiger charge is -2.22. The number of fused-ring (bicyclic) bond motifs is 1. The van der Waals surface area contributed by atoms with Gasteiger partial charge in [0.15, 0.2) is 0 Å². The monoisotopic (exact) mass is 262 g/mol. The van der Waals surface area contributed by atoms with E-state index in [0.717, 1.165) is 16.6 Å². The van der Waals surface area contributed by atoms with Crippen LogP contribution >= 0.6 is 0 Å². The quantitative estimate of drug-likeness (QED) is 0.788. The van der Waals surface area contributed by atoms with Crippen molar-refractivity contribution in [1.82, 2.24) is 9.55 Å². The smallest absolute Gasteiger partial charge is 0.147 e. The molecule has 0 amide bonds. The van der Waals surface area contributed by atoms with Crippen molar-refractivity contribution in [2.75, 3.05) is 0 Å². The third-order valence-electron chi connectivity index (χ3n) is 3.44. The molecule has 0 aliphatic heterocycles. The van der Waals surface area contributed by atoms with Gasteiger partial charge in [-0.2, -0.15) is 5.26 Å². The number of rotatable bonds is 3. The molecule has 1 unspecified atom stereocenters. The summed E-state index contributed by atoms with van der Waals surface area (Å²) in [5.41, 5.74) is 7.92. The number of nitrogens with zero attached hydrogens (tertiary/aromatic N) is 3. The largest absolute Gasteiger partial charge is 0.327 e. The van der Waals surface area contributed by atoms with Crippen molar-refractivity contribution in [2.45, 2.75) is 12.1 Å². The molecule has 98 valence electrons. The molecule has 0 spiro atoms. The van der Waals surface area contributed by atoms with Crippen LogP contribution in [0.25, 0.3) is 11.0 Å². The fourth-order valence-corrected chi connectivity index (χ4v) is 2.33. The number of nitriles is 1. The van der Waals surface area contributed by atoms with Gasteiger partial charge >= 0.3 is 0 Å². The molecule has 1 atom stereocenters. The van der Waals surface area contributed by atoms with Crippen LogP contribution in [0.15, 0.2) is 60.9 Å². The highest BCUT2D eigenvalue weighted by Gasteiger charge is 2.28. The van der Waals surface area contributed by atoms with Crippen molar-refractivity contribution < 1.29 is 0 Å². The Labute approximate surface area is 117 Å². The number of imidazole rings is 1. The van der Waals surface area contributed by atoms with E-state index in [1.54, 1.807) is 6.33 Å². The van der Waals surface area contributed by atoms with Gasteiger partial charge in [0.05, 0.1) is 30.0 Å². The Balaban J connectivity index is 2.02.